The molecule has 2 rings (SSSR count). The van der Waals surface area contributed by atoms with E-state index in [9.17, 15) is 4.79 Å². The van der Waals surface area contributed by atoms with Crippen molar-refractivity contribution in [1.82, 2.24) is 10.2 Å². The molecule has 0 aromatic heterocycles. The van der Waals surface area contributed by atoms with E-state index in [-0.39, 0.29) is 6.09 Å². The van der Waals surface area contributed by atoms with Gasteiger partial charge in [-0.15, -0.1) is 0 Å². The van der Waals surface area contributed by atoms with Gasteiger partial charge in [0.25, 0.3) is 0 Å². The van der Waals surface area contributed by atoms with Crippen molar-refractivity contribution in [2.75, 3.05) is 26.2 Å². The molecule has 0 radical (unpaired) electrons. The summed E-state index contributed by atoms with van der Waals surface area (Å²) in [6, 6.07) is 0.443. The van der Waals surface area contributed by atoms with Gasteiger partial charge in [-0.1, -0.05) is 26.2 Å². The lowest BCUT2D eigenvalue weighted by Crippen LogP contribution is -2.52. The number of likely N-dealkylation sites (tertiary alicyclic amines) is 1. The highest BCUT2D eigenvalue weighted by molar-refractivity contribution is 5.67. The molecule has 0 spiro atoms. The molecule has 1 saturated carbocycles. The zero-order valence-corrected chi connectivity index (χ0v) is 13.1. The first-order valence-corrected chi connectivity index (χ1v) is 8.38. The Kier molecular flexibility index (Phi) is 6.14. The van der Waals surface area contributed by atoms with Gasteiger partial charge in [-0.25, -0.2) is 4.79 Å². The number of ether oxygens (including phenoxy) is 1. The highest BCUT2D eigenvalue weighted by Gasteiger charge is 2.30. The minimum atomic E-state index is -0.140. The quantitative estimate of drug-likeness (QED) is 0.842. The van der Waals surface area contributed by atoms with Crippen LogP contribution < -0.4 is 5.32 Å². The third-order valence-electron chi connectivity index (χ3n) is 4.81. The predicted molar refractivity (Wildman–Crippen MR) is 80.7 cm³/mol. The van der Waals surface area contributed by atoms with E-state index in [0.29, 0.717) is 18.6 Å². The van der Waals surface area contributed by atoms with E-state index in [1.54, 1.807) is 0 Å². The molecule has 2 aliphatic rings. The summed E-state index contributed by atoms with van der Waals surface area (Å²) in [6.45, 7) is 7.34. The second-order valence-corrected chi connectivity index (χ2v) is 6.37. The van der Waals surface area contributed by atoms with E-state index >= 15 is 0 Å². The van der Waals surface area contributed by atoms with Crippen LogP contribution in [0.15, 0.2) is 0 Å². The standard InChI is InChI=1S/C16H30N2O2/c1-3-13-9-15(17-10-14-7-5-6-8-14)12-18(11-13)16(19)20-4-2/h13-15,17H,3-12H2,1-2H3. The molecule has 0 aromatic carbocycles. The molecule has 0 bridgehead atoms. The zero-order chi connectivity index (χ0) is 14.4. The van der Waals surface area contributed by atoms with Crippen molar-refractivity contribution in [3.05, 3.63) is 0 Å². The molecular formula is C16H30N2O2. The van der Waals surface area contributed by atoms with Gasteiger partial charge in [-0.3, -0.25) is 0 Å². The average molecular weight is 282 g/mol. The van der Waals surface area contributed by atoms with Gasteiger partial charge in [0.2, 0.25) is 0 Å². The zero-order valence-electron chi connectivity index (χ0n) is 13.1. The van der Waals surface area contributed by atoms with Crippen LogP contribution in [0.4, 0.5) is 4.79 Å². The van der Waals surface area contributed by atoms with Crippen molar-refractivity contribution in [3.8, 4) is 0 Å². The van der Waals surface area contributed by atoms with Crippen LogP contribution in [0.2, 0.25) is 0 Å². The van der Waals surface area contributed by atoms with Crippen LogP contribution >= 0.6 is 0 Å². The highest BCUT2D eigenvalue weighted by Crippen LogP contribution is 2.25. The highest BCUT2D eigenvalue weighted by atomic mass is 16.6. The van der Waals surface area contributed by atoms with Gasteiger partial charge in [-0.2, -0.15) is 0 Å². The minimum Gasteiger partial charge on any atom is -0.450 e. The number of hydrogen-bond acceptors (Lipinski definition) is 3. The SMILES string of the molecule is CCOC(=O)N1CC(CC)CC(NCC2CCCC2)C1. The number of carbonyl (C=O) groups excluding carboxylic acids is 1. The maximum atomic E-state index is 11.9. The van der Waals surface area contributed by atoms with Crippen molar-refractivity contribution in [2.24, 2.45) is 11.8 Å². The van der Waals surface area contributed by atoms with Gasteiger partial charge in [0, 0.05) is 19.1 Å². The third kappa shape index (κ3) is 4.37. The topological polar surface area (TPSA) is 41.6 Å². The number of amides is 1. The summed E-state index contributed by atoms with van der Waals surface area (Å²) in [5.41, 5.74) is 0. The summed E-state index contributed by atoms with van der Waals surface area (Å²) in [7, 11) is 0. The molecule has 4 heteroatoms. The molecule has 1 heterocycles. The number of carbonyl (C=O) groups is 1. The number of piperidine rings is 1. The number of hydrogen-bond donors (Lipinski definition) is 1. The summed E-state index contributed by atoms with van der Waals surface area (Å²) in [4.78, 5) is 13.8. The van der Waals surface area contributed by atoms with Crippen LogP contribution in [0.25, 0.3) is 0 Å². The van der Waals surface area contributed by atoms with Crippen LogP contribution in [0.5, 0.6) is 0 Å². The van der Waals surface area contributed by atoms with Crippen LogP contribution in [0, 0.1) is 11.8 Å². The summed E-state index contributed by atoms with van der Waals surface area (Å²) < 4.78 is 5.16. The molecule has 0 aromatic rings. The molecule has 1 aliphatic heterocycles. The van der Waals surface area contributed by atoms with Gasteiger partial charge in [-0.05, 0) is 44.6 Å². The van der Waals surface area contributed by atoms with Crippen LogP contribution in [0.1, 0.15) is 52.4 Å². The Bertz CT molecular complexity index is 303. The molecule has 20 heavy (non-hydrogen) atoms. The van der Waals surface area contributed by atoms with Gasteiger partial charge in [0.05, 0.1) is 6.61 Å². The van der Waals surface area contributed by atoms with Crippen LogP contribution in [0.3, 0.4) is 0 Å². The van der Waals surface area contributed by atoms with Gasteiger partial charge in [0.1, 0.15) is 0 Å². The lowest BCUT2D eigenvalue weighted by atomic mass is 9.92. The molecule has 1 saturated heterocycles. The monoisotopic (exact) mass is 282 g/mol. The average Bonchev–Trinajstić information content (AvgIpc) is 2.98. The van der Waals surface area contributed by atoms with Crippen molar-refractivity contribution in [1.29, 1.82) is 0 Å². The second kappa shape index (κ2) is 7.87. The number of nitrogens with zero attached hydrogens (tertiary/aromatic N) is 1. The summed E-state index contributed by atoms with van der Waals surface area (Å²) in [6.07, 6.45) is 7.72. The predicted octanol–water partition coefficient (Wildman–Crippen LogP) is 3.02. The van der Waals surface area contributed by atoms with Crippen LogP contribution in [-0.2, 0) is 4.74 Å². The molecule has 1 N–H and O–H groups in total. The molecule has 4 nitrogen and oxygen atoms in total. The summed E-state index contributed by atoms with van der Waals surface area (Å²) in [5.74, 6) is 1.46. The van der Waals surface area contributed by atoms with Gasteiger partial charge in [0.15, 0.2) is 0 Å². The number of rotatable bonds is 5. The molecule has 2 atom stereocenters. The Morgan fingerprint density at radius 1 is 1.20 bits per heavy atom. The Morgan fingerprint density at radius 2 is 1.95 bits per heavy atom. The normalized spacial score (nSPS) is 27.8. The second-order valence-electron chi connectivity index (χ2n) is 6.37. The van der Waals surface area contributed by atoms with E-state index in [1.807, 2.05) is 11.8 Å². The fraction of sp³-hybridized carbons (Fsp3) is 0.938. The van der Waals surface area contributed by atoms with Crippen molar-refractivity contribution in [2.45, 2.75) is 58.4 Å². The Morgan fingerprint density at radius 3 is 2.60 bits per heavy atom. The van der Waals surface area contributed by atoms with E-state index in [1.165, 1.54) is 32.1 Å². The number of nitrogens with one attached hydrogen (secondary N) is 1. The fourth-order valence-corrected chi connectivity index (χ4v) is 3.56. The molecule has 2 unspecified atom stereocenters. The minimum absolute atomic E-state index is 0.140. The maximum Gasteiger partial charge on any atom is 0.409 e. The van der Waals surface area contributed by atoms with Crippen molar-refractivity contribution in [3.63, 3.8) is 0 Å². The first-order valence-electron chi connectivity index (χ1n) is 8.38. The lowest BCUT2D eigenvalue weighted by Gasteiger charge is -2.37. The Labute approximate surface area is 123 Å². The van der Waals surface area contributed by atoms with Crippen LogP contribution in [-0.4, -0.2) is 43.3 Å². The molecule has 1 amide bonds. The molecule has 116 valence electrons. The third-order valence-corrected chi connectivity index (χ3v) is 4.81. The van der Waals surface area contributed by atoms with Crippen molar-refractivity contribution >= 4 is 6.09 Å². The molecular weight excluding hydrogens is 252 g/mol. The Hall–Kier alpha value is -0.770. The van der Waals surface area contributed by atoms with Gasteiger partial charge < -0.3 is 15.0 Å². The Balaban J connectivity index is 1.82. The summed E-state index contributed by atoms with van der Waals surface area (Å²) in [5, 5.41) is 3.71. The van der Waals surface area contributed by atoms with E-state index < -0.39 is 0 Å². The first-order chi connectivity index (χ1) is 9.72. The van der Waals surface area contributed by atoms with Gasteiger partial charge >= 0.3 is 6.09 Å². The largest absolute Gasteiger partial charge is 0.450 e. The maximum absolute atomic E-state index is 11.9. The van der Waals surface area contributed by atoms with E-state index in [0.717, 1.165) is 32.0 Å². The lowest BCUT2D eigenvalue weighted by molar-refractivity contribution is 0.0776. The smallest absolute Gasteiger partial charge is 0.409 e. The molecule has 2 fully saturated rings. The fourth-order valence-electron chi connectivity index (χ4n) is 3.56. The van der Waals surface area contributed by atoms with E-state index in [4.69, 9.17) is 4.74 Å². The van der Waals surface area contributed by atoms with E-state index in [2.05, 4.69) is 12.2 Å². The molecule has 1 aliphatic carbocycles. The summed E-state index contributed by atoms with van der Waals surface area (Å²) >= 11 is 0. The van der Waals surface area contributed by atoms with Crippen molar-refractivity contribution < 1.29 is 9.53 Å². The first kappa shape index (κ1) is 15.6.